The van der Waals surface area contributed by atoms with Crippen LogP contribution in [0.1, 0.15) is 42.5 Å². The molecule has 3 aromatic carbocycles. The zero-order valence-corrected chi connectivity index (χ0v) is 24.5. The summed E-state index contributed by atoms with van der Waals surface area (Å²) in [5, 5.41) is 12.4. The van der Waals surface area contributed by atoms with Crippen LogP contribution < -0.4 is 0 Å². The normalized spacial score (nSPS) is 22.6. The SMILES string of the molecule is CN(C)C1(c2cccc(F)c2)CCC(C(O)CN2CCc3c(n(S(=O)(=O)c4ccccc4)c4ccccc34)C2)CC1. The molecule has 4 aromatic rings. The molecule has 0 amide bonds. The largest absolute Gasteiger partial charge is 0.392 e. The number of β-amino-alcohol motifs (C(OH)–C–C–N with tert-alkyl or cyclic N) is 1. The number of rotatable bonds is 7. The van der Waals surface area contributed by atoms with Crippen molar-refractivity contribution in [3.63, 3.8) is 0 Å². The van der Waals surface area contributed by atoms with Gasteiger partial charge in [0.2, 0.25) is 0 Å². The molecule has 0 bridgehead atoms. The van der Waals surface area contributed by atoms with Crippen molar-refractivity contribution in [2.45, 2.75) is 55.2 Å². The second-order valence-corrected chi connectivity index (χ2v) is 13.6. The maximum absolute atomic E-state index is 14.1. The minimum Gasteiger partial charge on any atom is -0.392 e. The standard InChI is InChI=1S/C33H38FN3O3S/c1-35(2)33(25-9-8-10-26(34)21-25)18-15-24(16-19-33)32(38)23-36-20-17-29-28-13-6-7-14-30(28)37(31(29)22-36)41(39,40)27-11-4-3-5-12-27/h3-14,21,24,32,38H,15-20,22-23H2,1-2H3. The average molecular weight is 576 g/mol. The van der Waals surface area contributed by atoms with Crippen molar-refractivity contribution in [1.29, 1.82) is 0 Å². The summed E-state index contributed by atoms with van der Waals surface area (Å²) in [5.74, 6) is -0.0843. The molecule has 1 aliphatic heterocycles. The lowest BCUT2D eigenvalue weighted by atomic mass is 9.70. The molecule has 1 N–H and O–H groups in total. The summed E-state index contributed by atoms with van der Waals surface area (Å²) in [6.07, 6.45) is 3.59. The zero-order chi connectivity index (χ0) is 28.8. The summed E-state index contributed by atoms with van der Waals surface area (Å²) < 4.78 is 43.4. The second kappa shape index (κ2) is 11.0. The smallest absolute Gasteiger partial charge is 0.268 e. The second-order valence-electron chi connectivity index (χ2n) is 11.9. The fourth-order valence-electron chi connectivity index (χ4n) is 7.15. The Labute approximate surface area is 242 Å². The highest BCUT2D eigenvalue weighted by Crippen LogP contribution is 2.44. The van der Waals surface area contributed by atoms with Crippen LogP contribution in [0.4, 0.5) is 4.39 Å². The van der Waals surface area contributed by atoms with Gasteiger partial charge in [-0.2, -0.15) is 0 Å². The van der Waals surface area contributed by atoms with Crippen LogP contribution in [0.25, 0.3) is 10.9 Å². The predicted molar refractivity (Wildman–Crippen MR) is 160 cm³/mol. The molecule has 8 heteroatoms. The van der Waals surface area contributed by atoms with Crippen LogP contribution in [0, 0.1) is 11.7 Å². The van der Waals surface area contributed by atoms with Crippen molar-refractivity contribution in [3.05, 3.63) is 102 Å². The highest BCUT2D eigenvalue weighted by Gasteiger charge is 2.41. The monoisotopic (exact) mass is 575 g/mol. The summed E-state index contributed by atoms with van der Waals surface area (Å²) in [4.78, 5) is 4.66. The van der Waals surface area contributed by atoms with Gasteiger partial charge < -0.3 is 5.11 Å². The van der Waals surface area contributed by atoms with Gasteiger partial charge in [0, 0.05) is 30.6 Å². The number of hydrogen-bond acceptors (Lipinski definition) is 5. The van der Waals surface area contributed by atoms with Gasteiger partial charge in [0.15, 0.2) is 0 Å². The molecule has 0 spiro atoms. The topological polar surface area (TPSA) is 65.8 Å². The molecule has 1 aliphatic carbocycles. The van der Waals surface area contributed by atoms with Crippen molar-refractivity contribution < 1.29 is 17.9 Å². The Morgan fingerprint density at radius 3 is 2.41 bits per heavy atom. The minimum absolute atomic E-state index is 0.136. The summed E-state index contributed by atoms with van der Waals surface area (Å²) in [6.45, 7) is 1.72. The van der Waals surface area contributed by atoms with E-state index in [4.69, 9.17) is 0 Å². The van der Waals surface area contributed by atoms with Crippen molar-refractivity contribution in [2.75, 3.05) is 27.2 Å². The fourth-order valence-corrected chi connectivity index (χ4v) is 8.73. The van der Waals surface area contributed by atoms with Crippen molar-refractivity contribution in [3.8, 4) is 0 Å². The van der Waals surface area contributed by atoms with Gasteiger partial charge in [-0.25, -0.2) is 16.8 Å². The number of nitrogens with zero attached hydrogens (tertiary/aromatic N) is 3. The highest BCUT2D eigenvalue weighted by atomic mass is 32.2. The maximum Gasteiger partial charge on any atom is 0.268 e. The zero-order valence-electron chi connectivity index (χ0n) is 23.7. The third kappa shape index (κ3) is 5.01. The third-order valence-corrected chi connectivity index (χ3v) is 11.2. The van der Waals surface area contributed by atoms with Gasteiger partial charge in [-0.15, -0.1) is 0 Å². The van der Waals surface area contributed by atoms with E-state index in [1.54, 1.807) is 36.4 Å². The van der Waals surface area contributed by atoms with Gasteiger partial charge in [-0.1, -0.05) is 48.5 Å². The molecule has 6 nitrogen and oxygen atoms in total. The highest BCUT2D eigenvalue weighted by molar-refractivity contribution is 7.90. The van der Waals surface area contributed by atoms with Crippen molar-refractivity contribution in [1.82, 2.24) is 13.8 Å². The maximum atomic E-state index is 14.1. The van der Waals surface area contributed by atoms with E-state index in [2.05, 4.69) is 23.9 Å². The van der Waals surface area contributed by atoms with E-state index in [-0.39, 0.29) is 22.2 Å². The van der Waals surface area contributed by atoms with Crippen LogP contribution in [0.5, 0.6) is 0 Å². The van der Waals surface area contributed by atoms with E-state index in [1.165, 1.54) is 10.0 Å². The van der Waals surface area contributed by atoms with Crippen molar-refractivity contribution >= 4 is 20.9 Å². The first-order valence-electron chi connectivity index (χ1n) is 14.5. The molecule has 0 radical (unpaired) electrons. The molecule has 1 saturated carbocycles. The molecule has 41 heavy (non-hydrogen) atoms. The molecular formula is C33H38FN3O3S. The van der Waals surface area contributed by atoms with E-state index >= 15 is 0 Å². The minimum atomic E-state index is -3.79. The van der Waals surface area contributed by atoms with Gasteiger partial charge in [0.25, 0.3) is 10.0 Å². The lowest BCUT2D eigenvalue weighted by Gasteiger charge is -2.46. The van der Waals surface area contributed by atoms with Gasteiger partial charge in [-0.3, -0.25) is 9.80 Å². The van der Waals surface area contributed by atoms with E-state index < -0.39 is 16.1 Å². The fraction of sp³-hybridized carbons (Fsp3) is 0.394. The van der Waals surface area contributed by atoms with Crippen LogP contribution >= 0.6 is 0 Å². The molecule has 1 atom stereocenters. The summed E-state index contributed by atoms with van der Waals surface area (Å²) >= 11 is 0. The number of aliphatic hydroxyl groups excluding tert-OH is 1. The average Bonchev–Trinajstić information content (AvgIpc) is 3.32. The first-order chi connectivity index (χ1) is 19.7. The Morgan fingerprint density at radius 1 is 1.00 bits per heavy atom. The summed E-state index contributed by atoms with van der Waals surface area (Å²) in [5.41, 5.74) is 3.31. The number of fused-ring (bicyclic) bond motifs is 3. The molecule has 2 aliphatic rings. The Bertz CT molecular complexity index is 1640. The van der Waals surface area contributed by atoms with Crippen molar-refractivity contribution in [2.24, 2.45) is 5.92 Å². The Morgan fingerprint density at radius 2 is 1.71 bits per heavy atom. The first kappa shape index (κ1) is 28.1. The van der Waals surface area contributed by atoms with Crippen LogP contribution in [-0.4, -0.2) is 60.6 Å². The quantitative estimate of drug-likeness (QED) is 0.321. The van der Waals surface area contributed by atoms with Crippen LogP contribution in [0.3, 0.4) is 0 Å². The van der Waals surface area contributed by atoms with E-state index in [1.807, 2.05) is 36.4 Å². The predicted octanol–water partition coefficient (Wildman–Crippen LogP) is 5.38. The van der Waals surface area contributed by atoms with Crippen LogP contribution in [0.15, 0.2) is 83.8 Å². The Hall–Kier alpha value is -3.04. The molecular weight excluding hydrogens is 537 g/mol. The summed E-state index contributed by atoms with van der Waals surface area (Å²) in [6, 6.07) is 23.2. The number of aliphatic hydroxyl groups is 1. The first-order valence-corrected chi connectivity index (χ1v) is 15.9. The lowest BCUT2D eigenvalue weighted by Crippen LogP contribution is -2.47. The van der Waals surface area contributed by atoms with Gasteiger partial charge >= 0.3 is 0 Å². The molecule has 1 unspecified atom stereocenters. The number of aromatic nitrogens is 1. The van der Waals surface area contributed by atoms with E-state index in [0.717, 1.165) is 60.9 Å². The molecule has 0 saturated heterocycles. The number of benzene rings is 3. The third-order valence-electron chi connectivity index (χ3n) is 9.44. The molecule has 1 aromatic heterocycles. The van der Waals surface area contributed by atoms with Gasteiger partial charge in [0.1, 0.15) is 5.82 Å². The lowest BCUT2D eigenvalue weighted by molar-refractivity contribution is 0.00492. The number of para-hydroxylation sites is 1. The molecule has 1 fully saturated rings. The van der Waals surface area contributed by atoms with Crippen LogP contribution in [0.2, 0.25) is 0 Å². The molecule has 216 valence electrons. The number of halogens is 1. The molecule has 6 rings (SSSR count). The van der Waals surface area contributed by atoms with E-state index in [0.29, 0.717) is 18.6 Å². The summed E-state index contributed by atoms with van der Waals surface area (Å²) in [7, 11) is 0.312. The number of hydrogen-bond donors (Lipinski definition) is 1. The Balaban J connectivity index is 1.22. The van der Waals surface area contributed by atoms with E-state index in [9.17, 15) is 17.9 Å². The van der Waals surface area contributed by atoms with Crippen LogP contribution in [-0.2, 0) is 28.5 Å². The Kier molecular flexibility index (Phi) is 7.53. The van der Waals surface area contributed by atoms with Gasteiger partial charge in [0.05, 0.1) is 22.2 Å². The van der Waals surface area contributed by atoms with Gasteiger partial charge in [-0.05, 0) is 93.6 Å². The molecule has 2 heterocycles.